The van der Waals surface area contributed by atoms with Gasteiger partial charge in [-0.05, 0) is 0 Å². The van der Waals surface area contributed by atoms with E-state index >= 15 is 0 Å². The number of carboxylic acids is 1. The van der Waals surface area contributed by atoms with Gasteiger partial charge in [-0.15, -0.1) is 10.2 Å². The van der Waals surface area contributed by atoms with Crippen molar-refractivity contribution < 1.29 is 19.4 Å². The number of rotatable bonds is 4. The zero-order chi connectivity index (χ0) is 13.8. The molecule has 9 heteroatoms. The van der Waals surface area contributed by atoms with E-state index in [2.05, 4.69) is 15.5 Å². The molecule has 1 unspecified atom stereocenters. The standard InChI is InChI=1S/C10H15N5O4/c1-19-5-7(9(16)17)12-10(18)14-2-3-15-6-11-13-8(15)4-14/h6-7H,2-5H2,1H3,(H,12,18)(H,16,17). The summed E-state index contributed by atoms with van der Waals surface area (Å²) in [5, 5.41) is 19.0. The van der Waals surface area contributed by atoms with Gasteiger partial charge in [-0.25, -0.2) is 9.59 Å². The van der Waals surface area contributed by atoms with E-state index in [-0.39, 0.29) is 6.61 Å². The molecule has 0 aromatic carbocycles. The maximum atomic E-state index is 12.0. The summed E-state index contributed by atoms with van der Waals surface area (Å²) in [4.78, 5) is 24.4. The normalized spacial score (nSPS) is 15.7. The molecular weight excluding hydrogens is 254 g/mol. The van der Waals surface area contributed by atoms with E-state index in [1.807, 2.05) is 4.57 Å². The van der Waals surface area contributed by atoms with E-state index in [9.17, 15) is 9.59 Å². The van der Waals surface area contributed by atoms with E-state index in [0.29, 0.717) is 25.5 Å². The third-order valence-corrected chi connectivity index (χ3v) is 2.86. The number of amides is 2. The Hall–Kier alpha value is -2.16. The van der Waals surface area contributed by atoms with E-state index in [1.54, 1.807) is 6.33 Å². The van der Waals surface area contributed by atoms with E-state index in [0.717, 1.165) is 0 Å². The molecule has 0 saturated heterocycles. The minimum Gasteiger partial charge on any atom is -0.480 e. The zero-order valence-corrected chi connectivity index (χ0v) is 10.4. The molecule has 2 N–H and O–H groups in total. The van der Waals surface area contributed by atoms with Crippen molar-refractivity contribution in [2.24, 2.45) is 0 Å². The van der Waals surface area contributed by atoms with Crippen molar-refractivity contribution >= 4 is 12.0 Å². The molecule has 19 heavy (non-hydrogen) atoms. The van der Waals surface area contributed by atoms with Gasteiger partial charge >= 0.3 is 12.0 Å². The molecule has 0 radical (unpaired) electrons. The second kappa shape index (κ2) is 5.65. The van der Waals surface area contributed by atoms with Crippen molar-refractivity contribution in [3.63, 3.8) is 0 Å². The maximum absolute atomic E-state index is 12.0. The van der Waals surface area contributed by atoms with Crippen molar-refractivity contribution in [1.29, 1.82) is 0 Å². The Morgan fingerprint density at radius 1 is 1.58 bits per heavy atom. The summed E-state index contributed by atoms with van der Waals surface area (Å²) in [6.45, 7) is 1.31. The van der Waals surface area contributed by atoms with Gasteiger partial charge < -0.3 is 24.6 Å². The van der Waals surface area contributed by atoms with Gasteiger partial charge in [-0.1, -0.05) is 0 Å². The summed E-state index contributed by atoms with van der Waals surface area (Å²) in [7, 11) is 1.38. The molecule has 1 atom stereocenters. The van der Waals surface area contributed by atoms with E-state index in [4.69, 9.17) is 9.84 Å². The first-order valence-corrected chi connectivity index (χ1v) is 5.75. The fraction of sp³-hybridized carbons (Fsp3) is 0.600. The lowest BCUT2D eigenvalue weighted by Crippen LogP contribution is -2.51. The molecule has 2 amide bonds. The van der Waals surface area contributed by atoms with Crippen LogP contribution in [0.1, 0.15) is 5.82 Å². The highest BCUT2D eigenvalue weighted by Gasteiger charge is 2.26. The predicted octanol–water partition coefficient (Wildman–Crippen LogP) is -1.10. The first-order chi connectivity index (χ1) is 9.11. The Balaban J connectivity index is 1.95. The van der Waals surface area contributed by atoms with Crippen molar-refractivity contribution in [2.75, 3.05) is 20.3 Å². The number of nitrogens with zero attached hydrogens (tertiary/aromatic N) is 4. The molecule has 1 aliphatic rings. The number of nitrogens with one attached hydrogen (secondary N) is 1. The molecule has 0 fully saturated rings. The molecule has 104 valence electrons. The highest BCUT2D eigenvalue weighted by Crippen LogP contribution is 2.09. The Morgan fingerprint density at radius 2 is 2.37 bits per heavy atom. The first kappa shape index (κ1) is 13.3. The smallest absolute Gasteiger partial charge is 0.328 e. The van der Waals surface area contributed by atoms with E-state index < -0.39 is 18.0 Å². The van der Waals surface area contributed by atoms with Crippen LogP contribution in [0.5, 0.6) is 0 Å². The van der Waals surface area contributed by atoms with Gasteiger partial charge in [0.25, 0.3) is 0 Å². The third kappa shape index (κ3) is 2.99. The van der Waals surface area contributed by atoms with Crippen LogP contribution in [-0.4, -0.2) is 63.1 Å². The number of fused-ring (bicyclic) bond motifs is 1. The fourth-order valence-electron chi connectivity index (χ4n) is 1.82. The van der Waals surface area contributed by atoms with Gasteiger partial charge in [-0.2, -0.15) is 0 Å². The van der Waals surface area contributed by atoms with Gasteiger partial charge in [-0.3, -0.25) is 0 Å². The number of hydrogen-bond acceptors (Lipinski definition) is 5. The van der Waals surface area contributed by atoms with Gasteiger partial charge in [0.2, 0.25) is 0 Å². The quantitative estimate of drug-likeness (QED) is 0.718. The number of ether oxygens (including phenoxy) is 1. The molecular formula is C10H15N5O4. The highest BCUT2D eigenvalue weighted by atomic mass is 16.5. The van der Waals surface area contributed by atoms with Crippen LogP contribution in [0.25, 0.3) is 0 Å². The van der Waals surface area contributed by atoms with Gasteiger partial charge in [0, 0.05) is 20.2 Å². The Kier molecular flexibility index (Phi) is 3.95. The van der Waals surface area contributed by atoms with Gasteiger partial charge in [0.1, 0.15) is 6.33 Å². The summed E-state index contributed by atoms with van der Waals surface area (Å²) in [5.74, 6) is -0.449. The molecule has 1 aromatic heterocycles. The van der Waals surface area contributed by atoms with Crippen LogP contribution in [0.15, 0.2) is 6.33 Å². The maximum Gasteiger partial charge on any atom is 0.328 e. The Bertz CT molecular complexity index is 474. The number of methoxy groups -OCH3 is 1. The molecule has 2 rings (SSSR count). The lowest BCUT2D eigenvalue weighted by molar-refractivity contribution is -0.140. The van der Waals surface area contributed by atoms with Crippen molar-refractivity contribution in [3.8, 4) is 0 Å². The largest absolute Gasteiger partial charge is 0.480 e. The molecule has 0 spiro atoms. The van der Waals surface area contributed by atoms with Gasteiger partial charge in [0.05, 0.1) is 13.2 Å². The van der Waals surface area contributed by atoms with Crippen LogP contribution in [0.2, 0.25) is 0 Å². The number of hydrogen-bond donors (Lipinski definition) is 2. The zero-order valence-electron chi connectivity index (χ0n) is 10.4. The van der Waals surface area contributed by atoms with Crippen LogP contribution >= 0.6 is 0 Å². The van der Waals surface area contributed by atoms with E-state index in [1.165, 1.54) is 12.0 Å². The minimum absolute atomic E-state index is 0.0783. The molecule has 1 aliphatic heterocycles. The summed E-state index contributed by atoms with van der Waals surface area (Å²) >= 11 is 0. The minimum atomic E-state index is -1.13. The van der Waals surface area contributed by atoms with Crippen LogP contribution in [0.4, 0.5) is 4.79 Å². The second-order valence-corrected chi connectivity index (χ2v) is 4.16. The summed E-state index contributed by atoms with van der Waals surface area (Å²) in [6.07, 6.45) is 1.61. The number of carboxylic acid groups (broad SMARTS) is 1. The average Bonchev–Trinajstić information content (AvgIpc) is 2.85. The summed E-state index contributed by atoms with van der Waals surface area (Å²) in [6, 6.07) is -1.50. The Morgan fingerprint density at radius 3 is 3.05 bits per heavy atom. The number of carbonyl (C=O) groups excluding carboxylic acids is 1. The molecule has 0 bridgehead atoms. The number of aromatic nitrogens is 3. The fourth-order valence-corrected chi connectivity index (χ4v) is 1.82. The number of aliphatic carboxylic acids is 1. The van der Waals surface area contributed by atoms with Crippen molar-refractivity contribution in [3.05, 3.63) is 12.2 Å². The van der Waals surface area contributed by atoms with Crippen molar-refractivity contribution in [2.45, 2.75) is 19.1 Å². The molecule has 9 nitrogen and oxygen atoms in total. The Labute approximate surface area is 109 Å². The molecule has 0 saturated carbocycles. The SMILES string of the molecule is COCC(NC(=O)N1CCn2cnnc2C1)C(=O)O. The van der Waals surface area contributed by atoms with Crippen LogP contribution in [0, 0.1) is 0 Å². The number of carbonyl (C=O) groups is 2. The van der Waals surface area contributed by atoms with Crippen LogP contribution < -0.4 is 5.32 Å². The predicted molar refractivity (Wildman–Crippen MR) is 62.3 cm³/mol. The third-order valence-electron chi connectivity index (χ3n) is 2.86. The van der Waals surface area contributed by atoms with Crippen LogP contribution in [0.3, 0.4) is 0 Å². The summed E-state index contributed by atoms with van der Waals surface area (Å²) < 4.78 is 6.61. The monoisotopic (exact) mass is 269 g/mol. The van der Waals surface area contributed by atoms with Crippen LogP contribution in [-0.2, 0) is 22.6 Å². The second-order valence-electron chi connectivity index (χ2n) is 4.16. The topological polar surface area (TPSA) is 110 Å². The van der Waals surface area contributed by atoms with Crippen molar-refractivity contribution in [1.82, 2.24) is 25.0 Å². The molecule has 0 aliphatic carbocycles. The number of urea groups is 1. The van der Waals surface area contributed by atoms with Gasteiger partial charge in [0.15, 0.2) is 11.9 Å². The lowest BCUT2D eigenvalue weighted by Gasteiger charge is -2.28. The highest BCUT2D eigenvalue weighted by molar-refractivity contribution is 5.82. The average molecular weight is 269 g/mol. The lowest BCUT2D eigenvalue weighted by atomic mass is 10.3. The molecule has 1 aromatic rings. The first-order valence-electron chi connectivity index (χ1n) is 5.75. The summed E-state index contributed by atoms with van der Waals surface area (Å²) in [5.41, 5.74) is 0. The molecule has 2 heterocycles.